The zero-order chi connectivity index (χ0) is 17.1. The molecule has 0 N–H and O–H groups in total. The van der Waals surface area contributed by atoms with Gasteiger partial charge in [0.1, 0.15) is 11.3 Å². The van der Waals surface area contributed by atoms with Crippen LogP contribution >= 0.6 is 11.3 Å². The van der Waals surface area contributed by atoms with Crippen LogP contribution in [0.5, 0.6) is 5.75 Å². The summed E-state index contributed by atoms with van der Waals surface area (Å²) in [5.41, 5.74) is 3.16. The van der Waals surface area contributed by atoms with Crippen LogP contribution in [0.3, 0.4) is 0 Å². The van der Waals surface area contributed by atoms with Crippen molar-refractivity contribution < 1.29 is 9.53 Å². The van der Waals surface area contributed by atoms with Gasteiger partial charge in [-0.1, -0.05) is 47.2 Å². The monoisotopic (exact) mass is 340 g/mol. The number of amides is 1. The highest BCUT2D eigenvalue weighted by atomic mass is 32.1. The molecule has 0 saturated heterocycles. The Balaban J connectivity index is 2.00. The second-order valence-corrected chi connectivity index (χ2v) is 6.61. The van der Waals surface area contributed by atoms with E-state index < -0.39 is 0 Å². The summed E-state index contributed by atoms with van der Waals surface area (Å²) in [4.78, 5) is 17.4. The first-order valence-corrected chi connectivity index (χ1v) is 8.73. The zero-order valence-corrected chi connectivity index (χ0v) is 14.9. The second kappa shape index (κ2) is 7.01. The van der Waals surface area contributed by atoms with Gasteiger partial charge < -0.3 is 9.30 Å². The summed E-state index contributed by atoms with van der Waals surface area (Å²) in [6.07, 6.45) is 0.315. The molecule has 2 aromatic carbocycles. The van der Waals surface area contributed by atoms with E-state index in [9.17, 15) is 4.79 Å². The minimum atomic E-state index is -0.133. The molecule has 0 atom stereocenters. The van der Waals surface area contributed by atoms with Crippen molar-refractivity contribution in [3.63, 3.8) is 0 Å². The second-order valence-electron chi connectivity index (χ2n) is 5.60. The Morgan fingerprint density at radius 2 is 1.96 bits per heavy atom. The number of ether oxygens (including phenoxy) is 1. The number of carbonyl (C=O) groups is 1. The molecule has 24 heavy (non-hydrogen) atoms. The fourth-order valence-corrected chi connectivity index (χ4v) is 3.80. The van der Waals surface area contributed by atoms with E-state index in [1.807, 2.05) is 60.9 Å². The maximum absolute atomic E-state index is 12.4. The fourth-order valence-electron chi connectivity index (χ4n) is 2.67. The van der Waals surface area contributed by atoms with E-state index in [1.165, 1.54) is 16.9 Å². The van der Waals surface area contributed by atoms with E-state index in [1.54, 1.807) is 7.11 Å². The predicted molar refractivity (Wildman–Crippen MR) is 97.5 cm³/mol. The smallest absolute Gasteiger partial charge is 0.252 e. The molecule has 5 heteroatoms. The number of rotatable bonds is 4. The molecule has 0 fully saturated rings. The van der Waals surface area contributed by atoms with Crippen LogP contribution in [0, 0.1) is 6.92 Å². The van der Waals surface area contributed by atoms with E-state index in [0.29, 0.717) is 11.2 Å². The van der Waals surface area contributed by atoms with Gasteiger partial charge in [0.2, 0.25) is 0 Å². The van der Waals surface area contributed by atoms with E-state index in [4.69, 9.17) is 4.74 Å². The van der Waals surface area contributed by atoms with Crippen LogP contribution in [0.4, 0.5) is 0 Å². The molecule has 0 spiro atoms. The summed E-state index contributed by atoms with van der Waals surface area (Å²) in [6.45, 7) is 4.81. The number of aryl methyl sites for hydroxylation is 2. The largest absolute Gasteiger partial charge is 0.495 e. The third-order valence-corrected chi connectivity index (χ3v) is 4.94. The van der Waals surface area contributed by atoms with Gasteiger partial charge in [-0.3, -0.25) is 4.79 Å². The molecule has 1 amide bonds. The van der Waals surface area contributed by atoms with E-state index in [-0.39, 0.29) is 5.91 Å². The minimum absolute atomic E-state index is 0.133. The SMILES string of the molecule is CCn1c(=NC(=O)Cc2ccc(C)cc2)sc2cccc(OC)c21. The van der Waals surface area contributed by atoms with Crippen LogP contribution in [0.15, 0.2) is 47.5 Å². The molecule has 0 unspecified atom stereocenters. The van der Waals surface area contributed by atoms with Crippen LogP contribution in [0.1, 0.15) is 18.1 Å². The molecular weight excluding hydrogens is 320 g/mol. The third kappa shape index (κ3) is 3.26. The lowest BCUT2D eigenvalue weighted by molar-refractivity contribution is -0.117. The van der Waals surface area contributed by atoms with Crippen LogP contribution < -0.4 is 9.54 Å². The van der Waals surface area contributed by atoms with Gasteiger partial charge in [0.05, 0.1) is 18.2 Å². The first-order valence-electron chi connectivity index (χ1n) is 7.91. The van der Waals surface area contributed by atoms with Crippen molar-refractivity contribution in [1.82, 2.24) is 4.57 Å². The molecule has 3 aromatic rings. The molecule has 124 valence electrons. The number of para-hydroxylation sites is 1. The molecule has 0 aliphatic heterocycles. The number of hydrogen-bond acceptors (Lipinski definition) is 3. The van der Waals surface area contributed by atoms with Crippen molar-refractivity contribution >= 4 is 27.5 Å². The Bertz CT molecular complexity index is 936. The van der Waals surface area contributed by atoms with E-state index in [0.717, 1.165) is 28.1 Å². The summed E-state index contributed by atoms with van der Waals surface area (Å²) in [5.74, 6) is 0.671. The Hall–Kier alpha value is -2.40. The number of benzene rings is 2. The Morgan fingerprint density at radius 3 is 2.62 bits per heavy atom. The summed E-state index contributed by atoms with van der Waals surface area (Å²) in [5, 5.41) is 0. The molecule has 3 rings (SSSR count). The number of methoxy groups -OCH3 is 1. The number of fused-ring (bicyclic) bond motifs is 1. The van der Waals surface area contributed by atoms with Crippen molar-refractivity contribution in [2.75, 3.05) is 7.11 Å². The third-order valence-electron chi connectivity index (χ3n) is 3.90. The Morgan fingerprint density at radius 1 is 1.21 bits per heavy atom. The first kappa shape index (κ1) is 16.5. The average Bonchev–Trinajstić information content (AvgIpc) is 2.93. The van der Waals surface area contributed by atoms with Gasteiger partial charge in [0.15, 0.2) is 4.80 Å². The average molecular weight is 340 g/mol. The molecule has 0 bridgehead atoms. The molecule has 1 aromatic heterocycles. The van der Waals surface area contributed by atoms with Gasteiger partial charge in [-0.05, 0) is 31.5 Å². The van der Waals surface area contributed by atoms with Crippen molar-refractivity contribution in [3.05, 3.63) is 58.4 Å². The maximum atomic E-state index is 12.4. The topological polar surface area (TPSA) is 43.6 Å². The predicted octanol–water partition coefficient (Wildman–Crippen LogP) is 3.71. The van der Waals surface area contributed by atoms with Gasteiger partial charge >= 0.3 is 0 Å². The summed E-state index contributed by atoms with van der Waals surface area (Å²) >= 11 is 1.51. The number of carbonyl (C=O) groups excluding carboxylic acids is 1. The quantitative estimate of drug-likeness (QED) is 0.727. The highest BCUT2D eigenvalue weighted by molar-refractivity contribution is 7.16. The molecule has 4 nitrogen and oxygen atoms in total. The lowest BCUT2D eigenvalue weighted by atomic mass is 10.1. The maximum Gasteiger partial charge on any atom is 0.252 e. The fraction of sp³-hybridized carbons (Fsp3) is 0.263. The van der Waals surface area contributed by atoms with Crippen LogP contribution in [-0.4, -0.2) is 17.6 Å². The van der Waals surface area contributed by atoms with Crippen LogP contribution in [0.2, 0.25) is 0 Å². The van der Waals surface area contributed by atoms with Crippen molar-refractivity contribution in [2.45, 2.75) is 26.8 Å². The van der Waals surface area contributed by atoms with Crippen LogP contribution in [-0.2, 0) is 17.8 Å². The first-order chi connectivity index (χ1) is 11.6. The van der Waals surface area contributed by atoms with Crippen molar-refractivity contribution in [2.24, 2.45) is 4.99 Å². The number of aromatic nitrogens is 1. The van der Waals surface area contributed by atoms with Crippen LogP contribution in [0.25, 0.3) is 10.2 Å². The lowest BCUT2D eigenvalue weighted by Gasteiger charge is -2.05. The number of thiazole rings is 1. The summed E-state index contributed by atoms with van der Waals surface area (Å²) in [7, 11) is 1.66. The number of nitrogens with zero attached hydrogens (tertiary/aromatic N) is 2. The normalized spacial score (nSPS) is 11.9. The summed E-state index contributed by atoms with van der Waals surface area (Å²) < 4.78 is 8.56. The van der Waals surface area contributed by atoms with E-state index in [2.05, 4.69) is 4.99 Å². The molecule has 0 aliphatic carbocycles. The standard InChI is InChI=1S/C19H20N2O2S/c1-4-21-18-15(23-3)6-5-7-16(18)24-19(21)20-17(22)12-14-10-8-13(2)9-11-14/h5-11H,4,12H2,1-3H3. The highest BCUT2D eigenvalue weighted by Crippen LogP contribution is 2.27. The van der Waals surface area contributed by atoms with E-state index >= 15 is 0 Å². The van der Waals surface area contributed by atoms with Crippen molar-refractivity contribution in [3.8, 4) is 5.75 Å². The van der Waals surface area contributed by atoms with Crippen molar-refractivity contribution in [1.29, 1.82) is 0 Å². The number of hydrogen-bond donors (Lipinski definition) is 0. The van der Waals surface area contributed by atoms with Gasteiger partial charge in [0, 0.05) is 6.54 Å². The molecular formula is C19H20N2O2S. The lowest BCUT2D eigenvalue weighted by Crippen LogP contribution is -2.16. The highest BCUT2D eigenvalue weighted by Gasteiger charge is 2.11. The van der Waals surface area contributed by atoms with Gasteiger partial charge in [-0.2, -0.15) is 4.99 Å². The zero-order valence-electron chi connectivity index (χ0n) is 14.1. The van der Waals surface area contributed by atoms with Gasteiger partial charge in [-0.25, -0.2) is 0 Å². The van der Waals surface area contributed by atoms with Gasteiger partial charge in [0.25, 0.3) is 5.91 Å². The molecule has 0 radical (unpaired) electrons. The molecule has 0 saturated carbocycles. The Labute approximate surface area is 145 Å². The summed E-state index contributed by atoms with van der Waals surface area (Å²) in [6, 6.07) is 13.9. The molecule has 1 heterocycles. The Kier molecular flexibility index (Phi) is 4.81. The molecule has 0 aliphatic rings. The minimum Gasteiger partial charge on any atom is -0.495 e. The van der Waals surface area contributed by atoms with Gasteiger partial charge in [-0.15, -0.1) is 0 Å².